The van der Waals surface area contributed by atoms with Gasteiger partial charge >= 0.3 is 0 Å². The number of benzene rings is 2. The van der Waals surface area contributed by atoms with Crippen LogP contribution in [0.1, 0.15) is 11.3 Å². The van der Waals surface area contributed by atoms with Crippen LogP contribution < -0.4 is 9.64 Å². The van der Waals surface area contributed by atoms with Gasteiger partial charge in [0.15, 0.2) is 11.3 Å². The summed E-state index contributed by atoms with van der Waals surface area (Å²) in [5.74, 6) is 1.29. The van der Waals surface area contributed by atoms with E-state index in [4.69, 9.17) is 9.15 Å². The Labute approximate surface area is 133 Å². The molecule has 0 radical (unpaired) electrons. The standard InChI is InChI=1S/C19H15NO3/c1-20-16-8-4-3-7-14(16)15(19(20)21)11-13-10-12-6-5-9-17(22-2)18(12)23-13/h3-11H,1-2H3/b15-11-. The molecular weight excluding hydrogens is 290 g/mol. The molecule has 0 N–H and O–H groups in total. The first-order valence-corrected chi connectivity index (χ1v) is 7.35. The van der Waals surface area contributed by atoms with Gasteiger partial charge in [0.2, 0.25) is 0 Å². The van der Waals surface area contributed by atoms with E-state index >= 15 is 0 Å². The third kappa shape index (κ3) is 2.03. The van der Waals surface area contributed by atoms with Gasteiger partial charge in [0, 0.05) is 18.0 Å². The Hall–Kier alpha value is -3.01. The van der Waals surface area contributed by atoms with Crippen molar-refractivity contribution >= 4 is 34.2 Å². The zero-order valence-corrected chi connectivity index (χ0v) is 12.9. The molecule has 23 heavy (non-hydrogen) atoms. The van der Waals surface area contributed by atoms with Gasteiger partial charge in [-0.05, 0) is 24.3 Å². The van der Waals surface area contributed by atoms with E-state index in [0.29, 0.717) is 22.7 Å². The third-order valence-corrected chi connectivity index (χ3v) is 4.12. The van der Waals surface area contributed by atoms with Gasteiger partial charge in [-0.15, -0.1) is 0 Å². The van der Waals surface area contributed by atoms with Crippen LogP contribution in [-0.4, -0.2) is 20.1 Å². The first kappa shape index (κ1) is 13.6. The molecule has 0 spiro atoms. The van der Waals surface area contributed by atoms with Crippen molar-refractivity contribution in [2.75, 3.05) is 19.1 Å². The Balaban J connectivity index is 1.86. The molecule has 0 bridgehead atoms. The molecule has 0 atom stereocenters. The third-order valence-electron chi connectivity index (χ3n) is 4.12. The number of hydrogen-bond acceptors (Lipinski definition) is 3. The summed E-state index contributed by atoms with van der Waals surface area (Å²) >= 11 is 0. The lowest BCUT2D eigenvalue weighted by Crippen LogP contribution is -2.20. The molecule has 114 valence electrons. The van der Waals surface area contributed by atoms with Gasteiger partial charge in [-0.3, -0.25) is 4.79 Å². The number of furan rings is 1. The molecule has 4 nitrogen and oxygen atoms in total. The highest BCUT2D eigenvalue weighted by atomic mass is 16.5. The molecule has 1 amide bonds. The van der Waals surface area contributed by atoms with E-state index in [1.807, 2.05) is 48.5 Å². The van der Waals surface area contributed by atoms with E-state index in [-0.39, 0.29) is 5.91 Å². The molecule has 0 unspecified atom stereocenters. The van der Waals surface area contributed by atoms with Crippen LogP contribution in [0.25, 0.3) is 22.6 Å². The minimum atomic E-state index is -0.0291. The van der Waals surface area contributed by atoms with E-state index in [9.17, 15) is 4.79 Å². The summed E-state index contributed by atoms with van der Waals surface area (Å²) < 4.78 is 11.2. The van der Waals surface area contributed by atoms with Gasteiger partial charge in [0.25, 0.3) is 5.91 Å². The number of carbonyl (C=O) groups excluding carboxylic acids is 1. The molecule has 0 saturated carbocycles. The van der Waals surface area contributed by atoms with Crippen molar-refractivity contribution in [1.82, 2.24) is 0 Å². The van der Waals surface area contributed by atoms with Crippen LogP contribution in [0.15, 0.2) is 52.9 Å². The van der Waals surface area contributed by atoms with Gasteiger partial charge in [-0.1, -0.05) is 30.3 Å². The van der Waals surface area contributed by atoms with Gasteiger partial charge < -0.3 is 14.1 Å². The Kier molecular flexibility index (Phi) is 2.98. The SMILES string of the molecule is COc1cccc2cc(/C=C3\C(=O)N(C)c4ccccc43)oc12. The number of nitrogens with zero attached hydrogens (tertiary/aromatic N) is 1. The summed E-state index contributed by atoms with van der Waals surface area (Å²) in [6.45, 7) is 0. The van der Waals surface area contributed by atoms with E-state index in [2.05, 4.69) is 0 Å². The van der Waals surface area contributed by atoms with Crippen LogP contribution in [0, 0.1) is 0 Å². The van der Waals surface area contributed by atoms with Crippen molar-refractivity contribution in [1.29, 1.82) is 0 Å². The number of anilines is 1. The summed E-state index contributed by atoms with van der Waals surface area (Å²) in [4.78, 5) is 14.2. The maximum absolute atomic E-state index is 12.5. The summed E-state index contributed by atoms with van der Waals surface area (Å²) in [6.07, 6.45) is 1.80. The van der Waals surface area contributed by atoms with Crippen LogP contribution in [0.5, 0.6) is 5.75 Å². The van der Waals surface area contributed by atoms with E-state index in [1.54, 1.807) is 25.1 Å². The van der Waals surface area contributed by atoms with Crippen LogP contribution >= 0.6 is 0 Å². The summed E-state index contributed by atoms with van der Waals surface area (Å²) in [5, 5.41) is 0.947. The fraction of sp³-hybridized carbons (Fsp3) is 0.105. The molecule has 0 fully saturated rings. The Morgan fingerprint density at radius 1 is 1.13 bits per heavy atom. The number of ether oxygens (including phenoxy) is 1. The average Bonchev–Trinajstić information content (AvgIpc) is 3.10. The minimum Gasteiger partial charge on any atom is -0.493 e. The highest BCUT2D eigenvalue weighted by Gasteiger charge is 2.29. The Morgan fingerprint density at radius 2 is 1.96 bits per heavy atom. The highest BCUT2D eigenvalue weighted by Crippen LogP contribution is 2.37. The number of para-hydroxylation sites is 2. The molecule has 3 aromatic rings. The molecule has 4 rings (SSSR count). The van der Waals surface area contributed by atoms with Gasteiger partial charge in [0.05, 0.1) is 18.4 Å². The molecule has 0 saturated heterocycles. The fourth-order valence-corrected chi connectivity index (χ4v) is 2.97. The van der Waals surface area contributed by atoms with Crippen LogP contribution in [-0.2, 0) is 4.79 Å². The molecule has 4 heteroatoms. The van der Waals surface area contributed by atoms with Crippen molar-refractivity contribution in [3.8, 4) is 5.75 Å². The Morgan fingerprint density at radius 3 is 2.78 bits per heavy atom. The summed E-state index contributed by atoms with van der Waals surface area (Å²) in [6, 6.07) is 15.4. The number of fused-ring (bicyclic) bond motifs is 2. The number of hydrogen-bond donors (Lipinski definition) is 0. The quantitative estimate of drug-likeness (QED) is 0.673. The summed E-state index contributed by atoms with van der Waals surface area (Å²) in [5.41, 5.74) is 3.17. The zero-order chi connectivity index (χ0) is 16.0. The number of amides is 1. The minimum absolute atomic E-state index is 0.0291. The molecule has 1 aromatic heterocycles. The molecule has 1 aliphatic heterocycles. The largest absolute Gasteiger partial charge is 0.493 e. The van der Waals surface area contributed by atoms with Crippen molar-refractivity contribution in [3.63, 3.8) is 0 Å². The molecule has 0 aliphatic carbocycles. The number of likely N-dealkylation sites (N-methyl/N-ethyl adjacent to an activating group) is 1. The predicted molar refractivity (Wildman–Crippen MR) is 90.5 cm³/mol. The van der Waals surface area contributed by atoms with Crippen molar-refractivity contribution < 1.29 is 13.9 Å². The highest BCUT2D eigenvalue weighted by molar-refractivity contribution is 6.35. The van der Waals surface area contributed by atoms with Gasteiger partial charge in [-0.25, -0.2) is 0 Å². The zero-order valence-electron chi connectivity index (χ0n) is 12.9. The first-order valence-electron chi connectivity index (χ1n) is 7.35. The fourth-order valence-electron chi connectivity index (χ4n) is 2.97. The molecular formula is C19H15NO3. The lowest BCUT2D eigenvalue weighted by molar-refractivity contribution is -0.112. The van der Waals surface area contributed by atoms with Crippen LogP contribution in [0.2, 0.25) is 0 Å². The van der Waals surface area contributed by atoms with Crippen molar-refractivity contribution in [2.45, 2.75) is 0 Å². The van der Waals surface area contributed by atoms with Crippen LogP contribution in [0.4, 0.5) is 5.69 Å². The average molecular weight is 305 g/mol. The lowest BCUT2D eigenvalue weighted by atomic mass is 10.1. The number of rotatable bonds is 2. The normalized spacial score (nSPS) is 15.5. The topological polar surface area (TPSA) is 42.7 Å². The maximum Gasteiger partial charge on any atom is 0.258 e. The smallest absolute Gasteiger partial charge is 0.258 e. The summed E-state index contributed by atoms with van der Waals surface area (Å²) in [7, 11) is 3.39. The monoisotopic (exact) mass is 305 g/mol. The number of carbonyl (C=O) groups is 1. The Bertz CT molecular complexity index is 952. The second-order valence-electron chi connectivity index (χ2n) is 5.47. The second-order valence-corrected chi connectivity index (χ2v) is 5.47. The molecule has 2 aromatic carbocycles. The van der Waals surface area contributed by atoms with Crippen molar-refractivity contribution in [3.05, 3.63) is 59.9 Å². The molecule has 1 aliphatic rings. The second kappa shape index (κ2) is 5.02. The van der Waals surface area contributed by atoms with Crippen LogP contribution in [0.3, 0.4) is 0 Å². The van der Waals surface area contributed by atoms with E-state index in [1.165, 1.54) is 0 Å². The maximum atomic E-state index is 12.5. The number of methoxy groups -OCH3 is 1. The van der Waals surface area contributed by atoms with Crippen molar-refractivity contribution in [2.24, 2.45) is 0 Å². The lowest BCUT2D eigenvalue weighted by Gasteiger charge is -2.07. The predicted octanol–water partition coefficient (Wildman–Crippen LogP) is 3.96. The van der Waals surface area contributed by atoms with E-state index < -0.39 is 0 Å². The van der Waals surface area contributed by atoms with Gasteiger partial charge in [0.1, 0.15) is 5.76 Å². The van der Waals surface area contributed by atoms with Gasteiger partial charge in [-0.2, -0.15) is 0 Å². The first-order chi connectivity index (χ1) is 11.2. The molecule has 2 heterocycles. The van der Waals surface area contributed by atoms with E-state index in [0.717, 1.165) is 16.6 Å².